The molecule has 0 aliphatic heterocycles. The van der Waals surface area contributed by atoms with Gasteiger partial charge in [-0.2, -0.15) is 10.1 Å². The number of nitrogens with two attached hydrogens (primary N) is 1. The molecule has 0 saturated heterocycles. The van der Waals surface area contributed by atoms with E-state index < -0.39 is 0 Å². The average Bonchev–Trinajstić information content (AvgIpc) is 2.79. The minimum Gasteiger partial charge on any atom is -0.368 e. The lowest BCUT2D eigenvalue weighted by Gasteiger charge is -1.94. The van der Waals surface area contributed by atoms with Gasteiger partial charge in [-0.1, -0.05) is 6.07 Å². The summed E-state index contributed by atoms with van der Waals surface area (Å²) in [7, 11) is 1.81. The molecular weight excluding hydrogens is 208 g/mol. The molecule has 0 atom stereocenters. The number of aromatic nitrogens is 3. The van der Waals surface area contributed by atoms with Crippen molar-refractivity contribution < 1.29 is 0 Å². The van der Waals surface area contributed by atoms with Crippen molar-refractivity contribution in [3.63, 3.8) is 0 Å². The normalized spacial score (nSPS) is 10.7. The minimum absolute atomic E-state index is 0.487. The molecule has 0 fully saturated rings. The highest BCUT2D eigenvalue weighted by Gasteiger charge is 2.03. The molecule has 0 spiro atoms. The third kappa shape index (κ3) is 2.56. The van der Waals surface area contributed by atoms with Crippen LogP contribution in [0, 0.1) is 0 Å². The number of aryl methyl sites for hydroxylation is 3. The predicted octanol–water partition coefficient (Wildman–Crippen LogP) is 1.63. The van der Waals surface area contributed by atoms with Crippen LogP contribution in [-0.2, 0) is 19.9 Å². The molecule has 0 aliphatic carbocycles. The Morgan fingerprint density at radius 2 is 2.33 bits per heavy atom. The van der Waals surface area contributed by atoms with Crippen molar-refractivity contribution in [1.82, 2.24) is 14.8 Å². The maximum absolute atomic E-state index is 5.60. The fourth-order valence-corrected chi connectivity index (χ4v) is 2.18. The maximum atomic E-state index is 5.60. The van der Waals surface area contributed by atoms with Crippen molar-refractivity contribution in [2.45, 2.75) is 19.3 Å². The summed E-state index contributed by atoms with van der Waals surface area (Å²) in [6.45, 7) is 0. The van der Waals surface area contributed by atoms with Gasteiger partial charge in [0.25, 0.3) is 0 Å². The van der Waals surface area contributed by atoms with Crippen LogP contribution in [0.4, 0.5) is 5.95 Å². The summed E-state index contributed by atoms with van der Waals surface area (Å²) in [5, 5.41) is 6.32. The van der Waals surface area contributed by atoms with Gasteiger partial charge in [0.2, 0.25) is 5.95 Å². The fraction of sp³-hybridized carbons (Fsp3) is 0.400. The van der Waals surface area contributed by atoms with Gasteiger partial charge in [-0.25, -0.2) is 4.68 Å². The molecule has 4 nitrogen and oxygen atoms in total. The summed E-state index contributed by atoms with van der Waals surface area (Å²) in [4.78, 5) is 5.58. The summed E-state index contributed by atoms with van der Waals surface area (Å²) in [5.74, 6) is 1.33. The Balaban J connectivity index is 1.83. The number of hydrogen-bond acceptors (Lipinski definition) is 4. The largest absolute Gasteiger partial charge is 0.368 e. The molecule has 5 heteroatoms. The molecule has 0 amide bonds. The number of thiophene rings is 1. The molecule has 2 N–H and O–H groups in total. The smallest absolute Gasteiger partial charge is 0.218 e. The van der Waals surface area contributed by atoms with E-state index in [1.165, 1.54) is 4.88 Å². The van der Waals surface area contributed by atoms with Gasteiger partial charge in [-0.05, 0) is 24.3 Å². The first-order valence-corrected chi connectivity index (χ1v) is 5.81. The number of rotatable bonds is 4. The summed E-state index contributed by atoms with van der Waals surface area (Å²) in [6.07, 6.45) is 3.06. The Morgan fingerprint density at radius 3 is 2.93 bits per heavy atom. The van der Waals surface area contributed by atoms with E-state index in [1.807, 2.05) is 7.05 Å². The Hall–Kier alpha value is -1.36. The summed E-state index contributed by atoms with van der Waals surface area (Å²) in [6, 6.07) is 4.24. The number of hydrogen-bond donors (Lipinski definition) is 1. The van der Waals surface area contributed by atoms with Crippen LogP contribution in [0.1, 0.15) is 17.1 Å². The van der Waals surface area contributed by atoms with Crippen LogP contribution in [0.15, 0.2) is 17.5 Å². The number of nitrogen functional groups attached to an aromatic ring is 1. The lowest BCUT2D eigenvalue weighted by molar-refractivity contribution is 0.724. The molecule has 15 heavy (non-hydrogen) atoms. The lowest BCUT2D eigenvalue weighted by atomic mass is 10.2. The van der Waals surface area contributed by atoms with Crippen molar-refractivity contribution in [1.29, 1.82) is 0 Å². The lowest BCUT2D eigenvalue weighted by Crippen LogP contribution is -1.97. The van der Waals surface area contributed by atoms with E-state index in [-0.39, 0.29) is 0 Å². The molecule has 80 valence electrons. The molecule has 2 aromatic rings. The van der Waals surface area contributed by atoms with E-state index in [0.29, 0.717) is 5.95 Å². The van der Waals surface area contributed by atoms with Gasteiger partial charge in [0.1, 0.15) is 0 Å². The second-order valence-electron chi connectivity index (χ2n) is 3.44. The van der Waals surface area contributed by atoms with Crippen LogP contribution < -0.4 is 5.73 Å². The molecule has 0 bridgehead atoms. The molecule has 0 saturated carbocycles. The van der Waals surface area contributed by atoms with E-state index in [1.54, 1.807) is 16.0 Å². The first kappa shape index (κ1) is 10.2. The zero-order valence-electron chi connectivity index (χ0n) is 8.68. The summed E-state index contributed by atoms with van der Waals surface area (Å²) < 4.78 is 1.61. The van der Waals surface area contributed by atoms with Gasteiger partial charge < -0.3 is 5.73 Å². The van der Waals surface area contributed by atoms with Gasteiger partial charge in [0, 0.05) is 18.3 Å². The minimum atomic E-state index is 0.487. The quantitative estimate of drug-likeness (QED) is 0.855. The second kappa shape index (κ2) is 4.44. The molecule has 0 aromatic carbocycles. The van der Waals surface area contributed by atoms with E-state index in [4.69, 9.17) is 5.73 Å². The standard InChI is InChI=1S/C10H14N4S/c1-14-10(11)12-9(13-14)6-2-4-8-5-3-7-15-8/h3,5,7H,2,4,6H2,1H3,(H2,11,12,13). The Labute approximate surface area is 92.8 Å². The van der Waals surface area contributed by atoms with E-state index in [2.05, 4.69) is 27.6 Å². The average molecular weight is 222 g/mol. The first-order chi connectivity index (χ1) is 7.25. The topological polar surface area (TPSA) is 56.7 Å². The summed E-state index contributed by atoms with van der Waals surface area (Å²) >= 11 is 1.80. The molecular formula is C10H14N4S. The van der Waals surface area contributed by atoms with Crippen LogP contribution in [0.25, 0.3) is 0 Å². The van der Waals surface area contributed by atoms with Crippen LogP contribution in [-0.4, -0.2) is 14.8 Å². The SMILES string of the molecule is Cn1nc(CCCc2cccs2)nc1N. The molecule has 2 aromatic heterocycles. The van der Waals surface area contributed by atoms with Crippen molar-refractivity contribution in [2.75, 3.05) is 5.73 Å². The second-order valence-corrected chi connectivity index (χ2v) is 4.47. The van der Waals surface area contributed by atoms with Crippen LogP contribution >= 0.6 is 11.3 Å². The fourth-order valence-electron chi connectivity index (χ4n) is 1.43. The molecule has 2 rings (SSSR count). The van der Waals surface area contributed by atoms with Crippen molar-refractivity contribution in [3.05, 3.63) is 28.2 Å². The maximum Gasteiger partial charge on any atom is 0.218 e. The predicted molar refractivity (Wildman–Crippen MR) is 61.8 cm³/mol. The highest BCUT2D eigenvalue weighted by molar-refractivity contribution is 7.09. The number of anilines is 1. The molecule has 0 radical (unpaired) electrons. The van der Waals surface area contributed by atoms with Crippen molar-refractivity contribution >= 4 is 17.3 Å². The summed E-state index contributed by atoms with van der Waals surface area (Å²) in [5.41, 5.74) is 5.60. The highest BCUT2D eigenvalue weighted by atomic mass is 32.1. The Kier molecular flexibility index (Phi) is 3.01. The molecule has 0 unspecified atom stereocenters. The van der Waals surface area contributed by atoms with E-state index in [0.717, 1.165) is 25.1 Å². The Morgan fingerprint density at radius 1 is 1.47 bits per heavy atom. The zero-order chi connectivity index (χ0) is 10.7. The third-order valence-electron chi connectivity index (χ3n) is 2.24. The van der Waals surface area contributed by atoms with Gasteiger partial charge >= 0.3 is 0 Å². The molecule has 2 heterocycles. The van der Waals surface area contributed by atoms with Crippen LogP contribution in [0.2, 0.25) is 0 Å². The highest BCUT2D eigenvalue weighted by Crippen LogP contribution is 2.12. The van der Waals surface area contributed by atoms with Crippen LogP contribution in [0.5, 0.6) is 0 Å². The van der Waals surface area contributed by atoms with Gasteiger partial charge in [-0.15, -0.1) is 11.3 Å². The third-order valence-corrected chi connectivity index (χ3v) is 3.18. The number of nitrogens with zero attached hydrogens (tertiary/aromatic N) is 3. The van der Waals surface area contributed by atoms with E-state index in [9.17, 15) is 0 Å². The van der Waals surface area contributed by atoms with Crippen molar-refractivity contribution in [3.8, 4) is 0 Å². The van der Waals surface area contributed by atoms with Crippen LogP contribution in [0.3, 0.4) is 0 Å². The first-order valence-electron chi connectivity index (χ1n) is 4.93. The Bertz CT molecular complexity index is 399. The monoisotopic (exact) mass is 222 g/mol. The molecule has 0 aliphatic rings. The van der Waals surface area contributed by atoms with Gasteiger partial charge in [0.15, 0.2) is 5.82 Å². The van der Waals surface area contributed by atoms with Crippen molar-refractivity contribution in [2.24, 2.45) is 7.05 Å². The van der Waals surface area contributed by atoms with Gasteiger partial charge in [-0.3, -0.25) is 0 Å². The van der Waals surface area contributed by atoms with E-state index >= 15 is 0 Å². The zero-order valence-corrected chi connectivity index (χ0v) is 9.50. The van der Waals surface area contributed by atoms with Gasteiger partial charge in [0.05, 0.1) is 0 Å².